The average Bonchev–Trinajstić information content (AvgIpc) is 1.70. The maximum absolute atomic E-state index is 7.57. The number of aliphatic hydroxyl groups excluding tert-OH is 1. The van der Waals surface area contributed by atoms with Gasteiger partial charge in [0.15, 0.2) is 0 Å². The van der Waals surface area contributed by atoms with Gasteiger partial charge in [0.2, 0.25) is 0 Å². The third-order valence-electron chi connectivity index (χ3n) is 0. The van der Waals surface area contributed by atoms with Crippen LogP contribution in [0.1, 0.15) is 20.8 Å². The molecule has 1 N–H and O–H groups in total. The number of hydrogen-bond donors (Lipinski definition) is 1. The van der Waals surface area contributed by atoms with Gasteiger partial charge in [-0.15, -0.1) is 13.2 Å². The maximum Gasteiger partial charge on any atom is 0.0402 e. The summed E-state index contributed by atoms with van der Waals surface area (Å²) in [4.78, 5) is 0. The molecule has 0 aliphatic heterocycles. The lowest BCUT2D eigenvalue weighted by Crippen LogP contribution is -1.57. The fourth-order valence-electron chi connectivity index (χ4n) is 0. The van der Waals surface area contributed by atoms with Crippen molar-refractivity contribution in [3.05, 3.63) is 25.3 Å². The van der Waals surface area contributed by atoms with Gasteiger partial charge in [0.05, 0.1) is 0 Å². The molecular formula is C8H18O. The SMILES string of the molecule is C=CC.C=CC.CCO. The number of aliphatic hydroxyl groups is 1. The summed E-state index contributed by atoms with van der Waals surface area (Å²) in [6, 6.07) is 0. The van der Waals surface area contributed by atoms with Crippen LogP contribution in [0.25, 0.3) is 0 Å². The van der Waals surface area contributed by atoms with E-state index in [2.05, 4.69) is 13.2 Å². The lowest BCUT2D eigenvalue weighted by molar-refractivity contribution is 0.318. The van der Waals surface area contributed by atoms with E-state index in [1.54, 1.807) is 19.1 Å². The molecule has 1 heteroatoms. The second kappa shape index (κ2) is 51.8. The van der Waals surface area contributed by atoms with Crippen molar-refractivity contribution in [1.29, 1.82) is 0 Å². The van der Waals surface area contributed by atoms with E-state index < -0.39 is 0 Å². The molecule has 0 atom stereocenters. The van der Waals surface area contributed by atoms with Crippen molar-refractivity contribution in [2.24, 2.45) is 0 Å². The Bertz CT molecular complexity index is 33.8. The standard InChI is InChI=1S/2C3H6.C2H6O/c2*1-3-2;1-2-3/h2*3H,1H2,2H3;3H,2H2,1H3. The smallest absolute Gasteiger partial charge is 0.0402 e. The molecule has 0 aliphatic carbocycles. The molecule has 0 fully saturated rings. The topological polar surface area (TPSA) is 20.2 Å². The van der Waals surface area contributed by atoms with Crippen LogP contribution in [0.2, 0.25) is 0 Å². The molecule has 0 aromatic carbocycles. The van der Waals surface area contributed by atoms with Crippen molar-refractivity contribution in [3.63, 3.8) is 0 Å². The van der Waals surface area contributed by atoms with E-state index in [-0.39, 0.29) is 6.61 Å². The summed E-state index contributed by atoms with van der Waals surface area (Å²) in [5, 5.41) is 7.57. The Morgan fingerprint density at radius 3 is 1.22 bits per heavy atom. The van der Waals surface area contributed by atoms with Gasteiger partial charge in [-0.1, -0.05) is 12.2 Å². The maximum atomic E-state index is 7.57. The van der Waals surface area contributed by atoms with Gasteiger partial charge in [0.25, 0.3) is 0 Å². The van der Waals surface area contributed by atoms with Gasteiger partial charge in [0.1, 0.15) is 0 Å². The van der Waals surface area contributed by atoms with Gasteiger partial charge >= 0.3 is 0 Å². The zero-order valence-electron chi connectivity index (χ0n) is 6.72. The van der Waals surface area contributed by atoms with Crippen LogP contribution in [0.15, 0.2) is 25.3 Å². The monoisotopic (exact) mass is 130 g/mol. The molecule has 1 nitrogen and oxygen atoms in total. The van der Waals surface area contributed by atoms with E-state index >= 15 is 0 Å². The van der Waals surface area contributed by atoms with Gasteiger partial charge in [-0.2, -0.15) is 0 Å². The summed E-state index contributed by atoms with van der Waals surface area (Å²) >= 11 is 0. The normalized spacial score (nSPS) is 4.89. The highest BCUT2D eigenvalue weighted by Crippen LogP contribution is 1.38. The lowest BCUT2D eigenvalue weighted by Gasteiger charge is -1.52. The zero-order valence-corrected chi connectivity index (χ0v) is 6.72. The highest BCUT2D eigenvalue weighted by Gasteiger charge is 1.34. The van der Waals surface area contributed by atoms with Crippen LogP contribution in [-0.4, -0.2) is 11.7 Å². The first-order valence-corrected chi connectivity index (χ1v) is 2.99. The van der Waals surface area contributed by atoms with Crippen molar-refractivity contribution >= 4 is 0 Å². The molecule has 0 saturated carbocycles. The van der Waals surface area contributed by atoms with Gasteiger partial charge < -0.3 is 5.11 Å². The van der Waals surface area contributed by atoms with Crippen molar-refractivity contribution in [2.45, 2.75) is 20.8 Å². The van der Waals surface area contributed by atoms with E-state index in [0.717, 1.165) is 0 Å². The molecule has 56 valence electrons. The van der Waals surface area contributed by atoms with E-state index in [1.165, 1.54) is 0 Å². The number of rotatable bonds is 0. The second-order valence-corrected chi connectivity index (χ2v) is 1.13. The summed E-state index contributed by atoms with van der Waals surface area (Å²) < 4.78 is 0. The van der Waals surface area contributed by atoms with Crippen LogP contribution in [-0.2, 0) is 0 Å². The molecule has 0 aromatic heterocycles. The van der Waals surface area contributed by atoms with Crippen LogP contribution < -0.4 is 0 Å². The van der Waals surface area contributed by atoms with Crippen molar-refractivity contribution < 1.29 is 5.11 Å². The fourth-order valence-corrected chi connectivity index (χ4v) is 0. The average molecular weight is 130 g/mol. The third-order valence-corrected chi connectivity index (χ3v) is 0. The molecule has 0 spiro atoms. The van der Waals surface area contributed by atoms with Gasteiger partial charge in [-0.25, -0.2) is 0 Å². The first kappa shape index (κ1) is 15.8. The fraction of sp³-hybridized carbons (Fsp3) is 0.500. The molecule has 0 aromatic rings. The largest absolute Gasteiger partial charge is 0.397 e. The quantitative estimate of drug-likeness (QED) is 0.499. The van der Waals surface area contributed by atoms with E-state index in [4.69, 9.17) is 5.11 Å². The summed E-state index contributed by atoms with van der Waals surface area (Å²) in [6.07, 6.45) is 3.50. The molecule has 0 aliphatic rings. The second-order valence-electron chi connectivity index (χ2n) is 1.13. The molecule has 0 radical (unpaired) electrons. The van der Waals surface area contributed by atoms with Crippen LogP contribution >= 0.6 is 0 Å². The first-order chi connectivity index (χ1) is 4.24. The molecule has 0 rings (SSSR count). The van der Waals surface area contributed by atoms with E-state index in [0.29, 0.717) is 0 Å². The molecule has 0 heterocycles. The molecular weight excluding hydrogens is 112 g/mol. The Hall–Kier alpha value is -0.560. The third kappa shape index (κ3) is 702. The number of hydrogen-bond acceptors (Lipinski definition) is 1. The summed E-state index contributed by atoms with van der Waals surface area (Å²) in [6.45, 7) is 12.4. The minimum absolute atomic E-state index is 0.250. The Morgan fingerprint density at radius 1 is 1.22 bits per heavy atom. The first-order valence-electron chi connectivity index (χ1n) is 2.99. The summed E-state index contributed by atoms with van der Waals surface area (Å²) in [5.74, 6) is 0. The Morgan fingerprint density at radius 2 is 1.22 bits per heavy atom. The van der Waals surface area contributed by atoms with Gasteiger partial charge in [0, 0.05) is 6.61 Å². The van der Waals surface area contributed by atoms with Crippen molar-refractivity contribution in [1.82, 2.24) is 0 Å². The summed E-state index contributed by atoms with van der Waals surface area (Å²) in [7, 11) is 0. The molecule has 0 amide bonds. The van der Waals surface area contributed by atoms with Gasteiger partial charge in [-0.3, -0.25) is 0 Å². The van der Waals surface area contributed by atoms with E-state index in [9.17, 15) is 0 Å². The van der Waals surface area contributed by atoms with Crippen molar-refractivity contribution in [2.75, 3.05) is 6.61 Å². The van der Waals surface area contributed by atoms with Crippen LogP contribution in [0.3, 0.4) is 0 Å². The predicted octanol–water partition coefficient (Wildman–Crippen LogP) is 2.38. The zero-order chi connectivity index (χ0) is 8.12. The van der Waals surface area contributed by atoms with Crippen LogP contribution in [0.4, 0.5) is 0 Å². The molecule has 0 unspecified atom stereocenters. The Balaban J connectivity index is -0.0000000600. The predicted molar refractivity (Wildman–Crippen MR) is 44.5 cm³/mol. The Kier molecular flexibility index (Phi) is 90.9. The van der Waals surface area contributed by atoms with Crippen LogP contribution in [0, 0.1) is 0 Å². The summed E-state index contributed by atoms with van der Waals surface area (Å²) in [5.41, 5.74) is 0. The van der Waals surface area contributed by atoms with Crippen molar-refractivity contribution in [3.8, 4) is 0 Å². The van der Waals surface area contributed by atoms with Gasteiger partial charge in [-0.05, 0) is 20.8 Å². The highest BCUT2D eigenvalue weighted by molar-refractivity contribution is 4.51. The molecule has 9 heavy (non-hydrogen) atoms. The Labute approximate surface area is 58.7 Å². The highest BCUT2D eigenvalue weighted by atomic mass is 16.2. The molecule has 0 bridgehead atoms. The minimum Gasteiger partial charge on any atom is -0.397 e. The molecule has 0 saturated heterocycles. The van der Waals surface area contributed by atoms with Crippen LogP contribution in [0.5, 0.6) is 0 Å². The minimum atomic E-state index is 0.250. The number of allylic oxidation sites excluding steroid dienone is 2. The lowest BCUT2D eigenvalue weighted by atomic mass is 10.8. The van der Waals surface area contributed by atoms with E-state index in [1.807, 2.05) is 13.8 Å².